The van der Waals surface area contributed by atoms with Crippen molar-refractivity contribution in [2.75, 3.05) is 38.2 Å². The van der Waals surface area contributed by atoms with E-state index in [0.29, 0.717) is 44.0 Å². The lowest BCUT2D eigenvalue weighted by Crippen LogP contribution is -2.54. The van der Waals surface area contributed by atoms with E-state index in [-0.39, 0.29) is 17.5 Å². The van der Waals surface area contributed by atoms with Gasteiger partial charge >= 0.3 is 5.97 Å². The zero-order chi connectivity index (χ0) is 22.4. The molecule has 162 valence electrons. The van der Waals surface area contributed by atoms with Crippen molar-refractivity contribution in [3.05, 3.63) is 65.0 Å². The Morgan fingerprint density at radius 3 is 2.45 bits per heavy atom. The van der Waals surface area contributed by atoms with Crippen molar-refractivity contribution in [2.45, 2.75) is 19.5 Å². The molecule has 8 heteroatoms. The van der Waals surface area contributed by atoms with Gasteiger partial charge in [0.15, 0.2) is 0 Å². The Morgan fingerprint density at radius 2 is 1.84 bits per heavy atom. The molecule has 2 aromatic carbocycles. The molecule has 0 spiro atoms. The van der Waals surface area contributed by atoms with Gasteiger partial charge in [0, 0.05) is 32.7 Å². The fourth-order valence-electron chi connectivity index (χ4n) is 3.62. The molecule has 1 fully saturated rings. The van der Waals surface area contributed by atoms with Crippen LogP contribution >= 0.6 is 0 Å². The van der Waals surface area contributed by atoms with E-state index in [2.05, 4.69) is 15.0 Å². The molecule has 1 unspecified atom stereocenters. The molecule has 3 rings (SSSR count). The molecule has 1 N–H and O–H groups in total. The molecule has 1 heterocycles. The van der Waals surface area contributed by atoms with E-state index >= 15 is 0 Å². The fourth-order valence-corrected chi connectivity index (χ4v) is 3.62. The number of anilines is 1. The van der Waals surface area contributed by atoms with Gasteiger partial charge in [0.1, 0.15) is 17.4 Å². The van der Waals surface area contributed by atoms with Crippen LogP contribution in [0.5, 0.6) is 0 Å². The first-order chi connectivity index (χ1) is 14.9. The lowest BCUT2D eigenvalue weighted by molar-refractivity contribution is -0.126. The summed E-state index contributed by atoms with van der Waals surface area (Å²) in [4.78, 5) is 28.1. The third kappa shape index (κ3) is 5.19. The molecule has 2 aromatic rings. The lowest BCUT2D eigenvalue weighted by atomic mass is 10.1. The molecular weight excluding hydrogens is 399 g/mol. The predicted octanol–water partition coefficient (Wildman–Crippen LogP) is 2.31. The average Bonchev–Trinajstić information content (AvgIpc) is 2.81. The van der Waals surface area contributed by atoms with Crippen molar-refractivity contribution in [3.8, 4) is 6.07 Å². The Kier molecular flexibility index (Phi) is 7.21. The van der Waals surface area contributed by atoms with Gasteiger partial charge < -0.3 is 15.0 Å². The number of nitrogens with zero attached hydrogens (tertiary/aromatic N) is 3. The summed E-state index contributed by atoms with van der Waals surface area (Å²) in [6.45, 7) is 4.68. The smallest absolute Gasteiger partial charge is 0.337 e. The van der Waals surface area contributed by atoms with E-state index < -0.39 is 11.8 Å². The maximum atomic E-state index is 13.9. The summed E-state index contributed by atoms with van der Waals surface area (Å²) in [5.74, 6) is -1.01. The number of halogens is 1. The first-order valence-corrected chi connectivity index (χ1v) is 10.1. The van der Waals surface area contributed by atoms with E-state index in [0.717, 1.165) is 5.56 Å². The van der Waals surface area contributed by atoms with Gasteiger partial charge in [-0.2, -0.15) is 5.26 Å². The van der Waals surface area contributed by atoms with Crippen LogP contribution in [0.15, 0.2) is 42.5 Å². The number of rotatable bonds is 6. The SMILES string of the molecule is COC(=O)c1ccc(CNC(=O)C(C)N2CCN(c3cccc(F)c3C#N)CC2)cc1. The predicted molar refractivity (Wildman–Crippen MR) is 114 cm³/mol. The highest BCUT2D eigenvalue weighted by molar-refractivity contribution is 5.89. The first-order valence-electron chi connectivity index (χ1n) is 10.1. The second-order valence-corrected chi connectivity index (χ2v) is 7.35. The molecule has 1 saturated heterocycles. The van der Waals surface area contributed by atoms with Gasteiger partial charge in [-0.3, -0.25) is 9.69 Å². The van der Waals surface area contributed by atoms with Crippen LogP contribution in [0.25, 0.3) is 0 Å². The van der Waals surface area contributed by atoms with Gasteiger partial charge in [0.05, 0.1) is 24.4 Å². The number of benzene rings is 2. The zero-order valence-corrected chi connectivity index (χ0v) is 17.6. The molecule has 0 radical (unpaired) electrons. The molecule has 1 amide bonds. The van der Waals surface area contributed by atoms with E-state index in [1.54, 1.807) is 36.4 Å². The quantitative estimate of drug-likeness (QED) is 0.717. The number of amides is 1. The summed E-state index contributed by atoms with van der Waals surface area (Å²) in [6.07, 6.45) is 0. The number of esters is 1. The maximum Gasteiger partial charge on any atom is 0.337 e. The number of ether oxygens (including phenoxy) is 1. The molecule has 0 aliphatic carbocycles. The van der Waals surface area contributed by atoms with Crippen LogP contribution in [0.3, 0.4) is 0 Å². The number of nitriles is 1. The fraction of sp³-hybridized carbons (Fsp3) is 0.348. The first kappa shape index (κ1) is 22.2. The molecule has 7 nitrogen and oxygen atoms in total. The van der Waals surface area contributed by atoms with E-state index in [1.165, 1.54) is 13.2 Å². The van der Waals surface area contributed by atoms with Crippen LogP contribution in [0.4, 0.5) is 10.1 Å². The number of methoxy groups -OCH3 is 1. The summed E-state index contributed by atoms with van der Waals surface area (Å²) in [5.41, 5.74) is 1.99. The summed E-state index contributed by atoms with van der Waals surface area (Å²) >= 11 is 0. The topological polar surface area (TPSA) is 85.7 Å². The number of hydrogen-bond acceptors (Lipinski definition) is 6. The van der Waals surface area contributed by atoms with Crippen LogP contribution in [0, 0.1) is 17.1 Å². The Labute approximate surface area is 181 Å². The lowest BCUT2D eigenvalue weighted by Gasteiger charge is -2.38. The molecule has 0 saturated carbocycles. The number of carbonyl (C=O) groups is 2. The van der Waals surface area contributed by atoms with Gasteiger partial charge in [-0.05, 0) is 36.8 Å². The Morgan fingerprint density at radius 1 is 1.16 bits per heavy atom. The minimum absolute atomic E-state index is 0.0555. The van der Waals surface area contributed by atoms with E-state index in [9.17, 15) is 19.2 Å². The van der Waals surface area contributed by atoms with E-state index in [4.69, 9.17) is 0 Å². The van der Waals surface area contributed by atoms with Crippen molar-refractivity contribution in [2.24, 2.45) is 0 Å². The molecule has 1 atom stereocenters. The Hall–Kier alpha value is -3.44. The van der Waals surface area contributed by atoms with Gasteiger partial charge in [-0.25, -0.2) is 9.18 Å². The van der Waals surface area contributed by atoms with Gasteiger partial charge in [0.2, 0.25) is 5.91 Å². The Balaban J connectivity index is 1.52. The second-order valence-electron chi connectivity index (χ2n) is 7.35. The van der Waals surface area contributed by atoms with Gasteiger partial charge in [-0.15, -0.1) is 0 Å². The van der Waals surface area contributed by atoms with Gasteiger partial charge in [0.25, 0.3) is 0 Å². The summed E-state index contributed by atoms with van der Waals surface area (Å²) < 4.78 is 18.6. The van der Waals surface area contributed by atoms with Crippen LogP contribution in [0.1, 0.15) is 28.4 Å². The highest BCUT2D eigenvalue weighted by Gasteiger charge is 2.26. The highest BCUT2D eigenvalue weighted by Crippen LogP contribution is 2.24. The van der Waals surface area contributed by atoms with Crippen molar-refractivity contribution in [1.29, 1.82) is 5.26 Å². The van der Waals surface area contributed by atoms with E-state index in [1.807, 2.05) is 17.9 Å². The molecule has 1 aliphatic rings. The minimum Gasteiger partial charge on any atom is -0.465 e. The van der Waals surface area contributed by atoms with Crippen LogP contribution in [0.2, 0.25) is 0 Å². The molecular formula is C23H25FN4O3. The normalized spacial score (nSPS) is 15.1. The molecule has 0 aromatic heterocycles. The van der Waals surface area contributed by atoms with Crippen molar-refractivity contribution < 1.29 is 18.7 Å². The Bertz CT molecular complexity index is 979. The standard InChI is InChI=1S/C23H25FN4O3/c1-16(22(29)26-15-17-6-8-18(9-7-17)23(30)31-2)27-10-12-28(13-11-27)21-5-3-4-20(24)19(21)14-25/h3-9,16H,10-13,15H2,1-2H3,(H,26,29). The van der Waals surface area contributed by atoms with Gasteiger partial charge in [-0.1, -0.05) is 18.2 Å². The third-order valence-corrected chi connectivity index (χ3v) is 5.53. The second kappa shape index (κ2) is 10.0. The highest BCUT2D eigenvalue weighted by atomic mass is 19.1. The number of nitrogens with one attached hydrogen (secondary N) is 1. The number of hydrogen-bond donors (Lipinski definition) is 1. The molecule has 31 heavy (non-hydrogen) atoms. The number of piperazine rings is 1. The van der Waals surface area contributed by atoms with Crippen molar-refractivity contribution >= 4 is 17.6 Å². The summed E-state index contributed by atoms with van der Waals surface area (Å²) in [5, 5.41) is 12.2. The number of carbonyl (C=O) groups excluding carboxylic acids is 2. The average molecular weight is 424 g/mol. The van der Waals surface area contributed by atoms with Crippen molar-refractivity contribution in [3.63, 3.8) is 0 Å². The molecule has 1 aliphatic heterocycles. The molecule has 0 bridgehead atoms. The minimum atomic E-state index is -0.519. The monoisotopic (exact) mass is 424 g/mol. The summed E-state index contributed by atoms with van der Waals surface area (Å²) in [6, 6.07) is 13.1. The zero-order valence-electron chi connectivity index (χ0n) is 17.6. The summed E-state index contributed by atoms with van der Waals surface area (Å²) in [7, 11) is 1.33. The van der Waals surface area contributed by atoms with Crippen LogP contribution in [-0.2, 0) is 16.1 Å². The van der Waals surface area contributed by atoms with Crippen molar-refractivity contribution in [1.82, 2.24) is 10.2 Å². The maximum absolute atomic E-state index is 13.9. The van der Waals surface area contributed by atoms with Crippen LogP contribution in [-0.4, -0.2) is 56.1 Å². The third-order valence-electron chi connectivity index (χ3n) is 5.53. The largest absolute Gasteiger partial charge is 0.465 e. The van der Waals surface area contributed by atoms with Crippen LogP contribution < -0.4 is 10.2 Å².